The number of hydrogen-bond donors (Lipinski definition) is 0. The Morgan fingerprint density at radius 3 is 2.69 bits per heavy atom. The van der Waals surface area contributed by atoms with E-state index in [1.807, 2.05) is 28.9 Å². The van der Waals surface area contributed by atoms with Gasteiger partial charge in [0.15, 0.2) is 5.65 Å². The Morgan fingerprint density at radius 1 is 1.09 bits per heavy atom. The fraction of sp³-hybridized carbons (Fsp3) is 0.360. The summed E-state index contributed by atoms with van der Waals surface area (Å²) >= 11 is 0. The molecule has 0 amide bonds. The maximum absolute atomic E-state index is 14.8. The fourth-order valence-corrected chi connectivity index (χ4v) is 4.60. The predicted molar refractivity (Wildman–Crippen MR) is 125 cm³/mol. The lowest BCUT2D eigenvalue weighted by Gasteiger charge is -2.37. The minimum absolute atomic E-state index is 0.0758. The van der Waals surface area contributed by atoms with Gasteiger partial charge in [0.1, 0.15) is 29.3 Å². The van der Waals surface area contributed by atoms with Crippen LogP contribution in [0.5, 0.6) is 0 Å². The van der Waals surface area contributed by atoms with Crippen LogP contribution in [0.25, 0.3) is 16.9 Å². The van der Waals surface area contributed by atoms with Gasteiger partial charge >= 0.3 is 0 Å². The summed E-state index contributed by atoms with van der Waals surface area (Å²) in [6.45, 7) is 4.68. The second-order valence-corrected chi connectivity index (χ2v) is 9.33. The molecule has 0 radical (unpaired) electrons. The molecule has 8 nitrogen and oxygen atoms in total. The monoisotopic (exact) mass is 478 g/mol. The highest BCUT2D eigenvalue weighted by molar-refractivity contribution is 5.75. The molecule has 1 aliphatic carbocycles. The zero-order valence-corrected chi connectivity index (χ0v) is 19.4. The van der Waals surface area contributed by atoms with Gasteiger partial charge in [0, 0.05) is 41.7 Å². The first-order valence-electron chi connectivity index (χ1n) is 11.7. The van der Waals surface area contributed by atoms with Gasteiger partial charge in [0.2, 0.25) is 0 Å². The SMILES string of the molecule is Cc1cc(=O)n2cc(N3CC(C)OC(c4cnn(C5CC5)c4)C3)nc(-c3ccc(F)cc3F)c2n1. The van der Waals surface area contributed by atoms with E-state index in [0.717, 1.165) is 24.5 Å². The average molecular weight is 479 g/mol. The van der Waals surface area contributed by atoms with Crippen LogP contribution in [0.4, 0.5) is 14.6 Å². The molecule has 2 atom stereocenters. The van der Waals surface area contributed by atoms with Crippen molar-refractivity contribution in [3.8, 4) is 11.3 Å². The molecule has 10 heteroatoms. The van der Waals surface area contributed by atoms with Crippen LogP contribution in [0.2, 0.25) is 0 Å². The topological polar surface area (TPSA) is 77.5 Å². The molecule has 180 valence electrons. The van der Waals surface area contributed by atoms with Crippen molar-refractivity contribution in [2.45, 2.75) is 44.9 Å². The molecule has 0 spiro atoms. The number of hydrogen-bond acceptors (Lipinski definition) is 6. The Balaban J connectivity index is 1.45. The lowest BCUT2D eigenvalue weighted by molar-refractivity contribution is -0.0176. The third-order valence-electron chi connectivity index (χ3n) is 6.45. The number of aryl methyl sites for hydroxylation is 1. The number of ether oxygens (including phenoxy) is 1. The molecule has 1 aromatic carbocycles. The number of anilines is 1. The van der Waals surface area contributed by atoms with Crippen molar-refractivity contribution in [3.05, 3.63) is 76.1 Å². The normalized spacial score (nSPS) is 20.5. The van der Waals surface area contributed by atoms with Gasteiger partial charge in [-0.25, -0.2) is 18.7 Å². The van der Waals surface area contributed by atoms with Gasteiger partial charge in [-0.3, -0.25) is 13.9 Å². The Bertz CT molecular complexity index is 1500. The van der Waals surface area contributed by atoms with Crippen LogP contribution >= 0.6 is 0 Å². The first kappa shape index (κ1) is 21.8. The predicted octanol–water partition coefficient (Wildman–Crippen LogP) is 3.84. The molecule has 0 bridgehead atoms. The molecule has 3 aromatic heterocycles. The van der Waals surface area contributed by atoms with E-state index in [9.17, 15) is 13.6 Å². The van der Waals surface area contributed by atoms with Crippen molar-refractivity contribution in [2.75, 3.05) is 18.0 Å². The minimum Gasteiger partial charge on any atom is -0.367 e. The molecule has 35 heavy (non-hydrogen) atoms. The first-order valence-corrected chi connectivity index (χ1v) is 11.7. The van der Waals surface area contributed by atoms with E-state index in [0.29, 0.717) is 30.6 Å². The summed E-state index contributed by atoms with van der Waals surface area (Å²) < 4.78 is 38.0. The number of fused-ring (bicyclic) bond motifs is 1. The molecular formula is C25H24F2N6O2. The molecule has 1 saturated heterocycles. The highest BCUT2D eigenvalue weighted by atomic mass is 19.1. The van der Waals surface area contributed by atoms with Gasteiger partial charge in [0.05, 0.1) is 31.1 Å². The molecule has 1 saturated carbocycles. The van der Waals surface area contributed by atoms with Gasteiger partial charge in [-0.05, 0) is 38.8 Å². The van der Waals surface area contributed by atoms with Gasteiger partial charge in [-0.2, -0.15) is 5.10 Å². The van der Waals surface area contributed by atoms with Crippen LogP contribution in [0.3, 0.4) is 0 Å². The van der Waals surface area contributed by atoms with Crippen LogP contribution in [0.15, 0.2) is 47.7 Å². The highest BCUT2D eigenvalue weighted by Gasteiger charge is 2.31. The number of rotatable bonds is 4. The minimum atomic E-state index is -0.770. The summed E-state index contributed by atoms with van der Waals surface area (Å²) in [5.41, 5.74) is 1.63. The third-order valence-corrected chi connectivity index (χ3v) is 6.45. The van der Waals surface area contributed by atoms with E-state index in [2.05, 4.69) is 10.1 Å². The summed E-state index contributed by atoms with van der Waals surface area (Å²) in [4.78, 5) is 24.1. The van der Waals surface area contributed by atoms with Crippen LogP contribution in [0.1, 0.15) is 43.2 Å². The summed E-state index contributed by atoms with van der Waals surface area (Å²) in [5, 5.41) is 4.48. The molecule has 6 rings (SSSR count). The molecule has 1 aliphatic heterocycles. The Hall–Kier alpha value is -3.66. The van der Waals surface area contributed by atoms with Gasteiger partial charge in [0.25, 0.3) is 5.56 Å². The van der Waals surface area contributed by atoms with Crippen molar-refractivity contribution >= 4 is 11.5 Å². The first-order chi connectivity index (χ1) is 16.9. The van der Waals surface area contributed by atoms with E-state index in [-0.39, 0.29) is 34.7 Å². The number of morpholine rings is 1. The van der Waals surface area contributed by atoms with Crippen LogP contribution in [0, 0.1) is 18.6 Å². The molecule has 2 fully saturated rings. The number of benzene rings is 1. The smallest absolute Gasteiger partial charge is 0.258 e. The number of nitrogens with zero attached hydrogens (tertiary/aromatic N) is 6. The molecule has 2 unspecified atom stereocenters. The second kappa shape index (κ2) is 8.23. The number of aromatic nitrogens is 5. The third kappa shape index (κ3) is 4.07. The lowest BCUT2D eigenvalue weighted by Crippen LogP contribution is -2.43. The Labute approximate surface area is 199 Å². The van der Waals surface area contributed by atoms with Crippen LogP contribution in [-0.4, -0.2) is 43.3 Å². The van der Waals surface area contributed by atoms with Crippen molar-refractivity contribution in [1.82, 2.24) is 24.1 Å². The van der Waals surface area contributed by atoms with Gasteiger partial charge in [-0.1, -0.05) is 0 Å². The van der Waals surface area contributed by atoms with Crippen molar-refractivity contribution in [3.63, 3.8) is 0 Å². The zero-order chi connectivity index (χ0) is 24.3. The standard InChI is InChI=1S/C25H24F2N6O2/c1-14-7-23(34)32-13-22(30-24(25(32)29-14)19-6-3-17(26)8-20(19)27)31-10-15(2)35-21(12-31)16-9-28-33(11-16)18-4-5-18/h3,6-9,11,13,15,18,21H,4-5,10,12H2,1-2H3. The average Bonchev–Trinajstić information content (AvgIpc) is 3.54. The Kier molecular flexibility index (Phi) is 5.14. The summed E-state index contributed by atoms with van der Waals surface area (Å²) in [6.07, 6.45) is 7.42. The van der Waals surface area contributed by atoms with E-state index >= 15 is 0 Å². The molecule has 4 aromatic rings. The quantitative estimate of drug-likeness (QED) is 0.444. The fourth-order valence-electron chi connectivity index (χ4n) is 4.60. The van der Waals surface area contributed by atoms with Gasteiger partial charge in [-0.15, -0.1) is 0 Å². The maximum atomic E-state index is 14.8. The number of halogens is 2. The zero-order valence-electron chi connectivity index (χ0n) is 19.4. The van der Waals surface area contributed by atoms with Gasteiger partial charge < -0.3 is 9.64 Å². The van der Waals surface area contributed by atoms with E-state index in [1.54, 1.807) is 13.1 Å². The van der Waals surface area contributed by atoms with E-state index in [4.69, 9.17) is 9.72 Å². The molecule has 4 heterocycles. The molecule has 0 N–H and O–H groups in total. The summed E-state index contributed by atoms with van der Waals surface area (Å²) in [6, 6.07) is 5.18. The van der Waals surface area contributed by atoms with Crippen LogP contribution < -0.4 is 10.5 Å². The largest absolute Gasteiger partial charge is 0.367 e. The second-order valence-electron chi connectivity index (χ2n) is 9.33. The summed E-state index contributed by atoms with van der Waals surface area (Å²) in [7, 11) is 0. The van der Waals surface area contributed by atoms with E-state index < -0.39 is 11.6 Å². The van der Waals surface area contributed by atoms with Crippen molar-refractivity contribution in [2.24, 2.45) is 0 Å². The van der Waals surface area contributed by atoms with Crippen molar-refractivity contribution < 1.29 is 13.5 Å². The molecular weight excluding hydrogens is 454 g/mol. The molecule has 2 aliphatic rings. The van der Waals surface area contributed by atoms with E-state index in [1.165, 1.54) is 22.6 Å². The van der Waals surface area contributed by atoms with Crippen LogP contribution in [-0.2, 0) is 4.74 Å². The summed E-state index contributed by atoms with van der Waals surface area (Å²) in [5.74, 6) is -0.976. The lowest BCUT2D eigenvalue weighted by atomic mass is 10.1. The highest BCUT2D eigenvalue weighted by Crippen LogP contribution is 2.36. The Morgan fingerprint density at radius 2 is 1.91 bits per heavy atom. The van der Waals surface area contributed by atoms with Crippen molar-refractivity contribution in [1.29, 1.82) is 0 Å². The maximum Gasteiger partial charge on any atom is 0.258 e.